The van der Waals surface area contributed by atoms with Gasteiger partial charge in [0.1, 0.15) is 0 Å². The van der Waals surface area contributed by atoms with Crippen molar-refractivity contribution in [2.75, 3.05) is 33.8 Å². The second-order valence-electron chi connectivity index (χ2n) is 8.04. The lowest BCUT2D eigenvalue weighted by molar-refractivity contribution is -0.139. The van der Waals surface area contributed by atoms with Crippen LogP contribution in [0.4, 0.5) is 0 Å². The quantitative estimate of drug-likeness (QED) is 0.660. The topological polar surface area (TPSA) is 96.9 Å². The monoisotopic (exact) mass is 432 g/mol. The average molecular weight is 433 g/mol. The van der Waals surface area contributed by atoms with E-state index in [4.69, 9.17) is 9.26 Å². The third kappa shape index (κ3) is 5.89. The van der Waals surface area contributed by atoms with Gasteiger partial charge in [-0.15, -0.1) is 0 Å². The normalized spacial score (nSPS) is 22.7. The average Bonchev–Trinajstić information content (AvgIpc) is 2.61. The number of nitrogens with zero attached hydrogens (tertiary/aromatic N) is 3. The van der Waals surface area contributed by atoms with Crippen LogP contribution in [0.3, 0.4) is 0 Å². The van der Waals surface area contributed by atoms with Gasteiger partial charge in [-0.2, -0.15) is 0 Å². The highest BCUT2D eigenvalue weighted by Gasteiger charge is 2.35. The summed E-state index contributed by atoms with van der Waals surface area (Å²) in [5.74, 6) is 0. The van der Waals surface area contributed by atoms with Crippen LogP contribution in [-0.4, -0.2) is 70.7 Å². The molecule has 168 valence electrons. The van der Waals surface area contributed by atoms with Gasteiger partial charge in [0.2, 0.25) is 0 Å². The number of aryl methyl sites for hydroxylation is 1. The number of hydrogen-bond acceptors (Lipinski definition) is 6. The maximum Gasteiger partial charge on any atom is 0.330 e. The number of aromatic nitrogens is 2. The lowest BCUT2D eigenvalue weighted by atomic mass is 10.2. The number of rotatable bonds is 7. The van der Waals surface area contributed by atoms with Crippen LogP contribution in [0, 0.1) is 6.92 Å². The predicted molar refractivity (Wildman–Crippen MR) is 116 cm³/mol. The zero-order valence-electron chi connectivity index (χ0n) is 17.8. The van der Waals surface area contributed by atoms with Gasteiger partial charge in [-0.05, 0) is 34.9 Å². The molecule has 1 fully saturated rings. The standard InChI is InChI=1S/C18H33N4O5P.CH4/c1-12(2)21-9-15(11-26-28(25,13(3)4)20(6)7)27-16(10-21)22-8-14(5)17(23)19-18(22)24;/h8,12-13,15-16H,9-11H2,1-7H3,(H,19,23,24);1H4/t15-,16+,28?;/m0./s1. The maximum atomic E-state index is 13.1. The molecule has 1 aliphatic rings. The molecule has 3 atom stereocenters. The summed E-state index contributed by atoms with van der Waals surface area (Å²) < 4.78 is 28.1. The molecule has 0 amide bonds. The van der Waals surface area contributed by atoms with Crippen LogP contribution in [0.15, 0.2) is 15.8 Å². The van der Waals surface area contributed by atoms with Crippen LogP contribution >= 0.6 is 7.52 Å². The summed E-state index contributed by atoms with van der Waals surface area (Å²) in [5, 5.41) is 0. The molecule has 10 heteroatoms. The van der Waals surface area contributed by atoms with E-state index in [1.807, 2.05) is 13.8 Å². The molecule has 0 aromatic carbocycles. The maximum absolute atomic E-state index is 13.1. The van der Waals surface area contributed by atoms with Gasteiger partial charge in [-0.1, -0.05) is 21.3 Å². The molecule has 0 saturated carbocycles. The molecular weight excluding hydrogens is 395 g/mol. The molecule has 0 aliphatic carbocycles. The fourth-order valence-electron chi connectivity index (χ4n) is 3.23. The number of nitrogens with one attached hydrogen (secondary N) is 1. The summed E-state index contributed by atoms with van der Waals surface area (Å²) in [4.78, 5) is 28.5. The van der Waals surface area contributed by atoms with Gasteiger partial charge in [-0.3, -0.25) is 23.8 Å². The second kappa shape index (κ2) is 10.2. The van der Waals surface area contributed by atoms with Gasteiger partial charge in [-0.25, -0.2) is 9.46 Å². The van der Waals surface area contributed by atoms with Gasteiger partial charge in [0.05, 0.1) is 12.7 Å². The summed E-state index contributed by atoms with van der Waals surface area (Å²) in [5.41, 5.74) is -0.615. The Morgan fingerprint density at radius 1 is 1.28 bits per heavy atom. The molecule has 0 bridgehead atoms. The van der Waals surface area contributed by atoms with Crippen LogP contribution in [0.5, 0.6) is 0 Å². The molecule has 9 nitrogen and oxygen atoms in total. The summed E-state index contributed by atoms with van der Waals surface area (Å²) >= 11 is 0. The molecule has 29 heavy (non-hydrogen) atoms. The van der Waals surface area contributed by atoms with Crippen molar-refractivity contribution in [1.29, 1.82) is 0 Å². The Hall–Kier alpha value is -1.25. The summed E-state index contributed by atoms with van der Waals surface area (Å²) in [6.45, 7) is 10.8. The van der Waals surface area contributed by atoms with Crippen molar-refractivity contribution in [2.24, 2.45) is 0 Å². The van der Waals surface area contributed by atoms with Crippen molar-refractivity contribution >= 4 is 7.52 Å². The van der Waals surface area contributed by atoms with E-state index >= 15 is 0 Å². The van der Waals surface area contributed by atoms with E-state index in [-0.39, 0.29) is 31.8 Å². The minimum atomic E-state index is -2.97. The molecule has 0 radical (unpaired) electrons. The molecule has 1 N–H and O–H groups in total. The van der Waals surface area contributed by atoms with Crippen LogP contribution in [0.25, 0.3) is 0 Å². The van der Waals surface area contributed by atoms with Crippen molar-refractivity contribution in [1.82, 2.24) is 19.1 Å². The first kappa shape index (κ1) is 25.8. The molecule has 0 spiro atoms. The largest absolute Gasteiger partial charge is 0.350 e. The highest BCUT2D eigenvalue weighted by atomic mass is 31.2. The Balaban J connectivity index is 0.00000420. The number of H-pyrrole nitrogens is 1. The van der Waals surface area contributed by atoms with Crippen molar-refractivity contribution in [3.8, 4) is 0 Å². The Kier molecular flexibility index (Phi) is 9.05. The Morgan fingerprint density at radius 3 is 2.41 bits per heavy atom. The highest BCUT2D eigenvalue weighted by Crippen LogP contribution is 2.53. The molecule has 1 saturated heterocycles. The molecular formula is C19H37N4O5P. The molecule has 2 heterocycles. The van der Waals surface area contributed by atoms with Crippen molar-refractivity contribution in [3.63, 3.8) is 0 Å². The lowest BCUT2D eigenvalue weighted by Crippen LogP contribution is -2.52. The molecule has 1 aromatic heterocycles. The van der Waals surface area contributed by atoms with Crippen LogP contribution < -0.4 is 11.2 Å². The fourth-order valence-corrected chi connectivity index (χ4v) is 5.06. The summed E-state index contributed by atoms with van der Waals surface area (Å²) in [6, 6.07) is 0.235. The predicted octanol–water partition coefficient (Wildman–Crippen LogP) is 2.27. The second-order valence-corrected chi connectivity index (χ2v) is 11.3. The van der Waals surface area contributed by atoms with E-state index < -0.39 is 25.0 Å². The van der Waals surface area contributed by atoms with E-state index in [0.717, 1.165) is 0 Å². The zero-order chi connectivity index (χ0) is 21.2. The van der Waals surface area contributed by atoms with Gasteiger partial charge < -0.3 is 9.26 Å². The van der Waals surface area contributed by atoms with E-state index in [2.05, 4.69) is 23.7 Å². The Morgan fingerprint density at radius 2 is 1.90 bits per heavy atom. The minimum Gasteiger partial charge on any atom is -0.350 e. The number of morpholine rings is 1. The third-order valence-corrected chi connectivity index (χ3v) is 7.96. The first-order chi connectivity index (χ1) is 13.0. The van der Waals surface area contributed by atoms with E-state index in [1.165, 1.54) is 10.8 Å². The number of aromatic amines is 1. The van der Waals surface area contributed by atoms with Gasteiger partial charge in [0, 0.05) is 36.6 Å². The van der Waals surface area contributed by atoms with Crippen molar-refractivity contribution in [3.05, 3.63) is 32.6 Å². The first-order valence-corrected chi connectivity index (χ1v) is 11.2. The smallest absolute Gasteiger partial charge is 0.330 e. The van der Waals surface area contributed by atoms with E-state index in [0.29, 0.717) is 18.7 Å². The lowest BCUT2D eigenvalue weighted by Gasteiger charge is -2.41. The Labute approximate surface area is 173 Å². The molecule has 1 unspecified atom stereocenters. The number of hydrogen-bond donors (Lipinski definition) is 1. The van der Waals surface area contributed by atoms with Crippen LogP contribution in [0.2, 0.25) is 0 Å². The van der Waals surface area contributed by atoms with Gasteiger partial charge >= 0.3 is 5.69 Å². The third-order valence-electron chi connectivity index (χ3n) is 5.02. The summed E-state index contributed by atoms with van der Waals surface area (Å²) in [7, 11) is 0.519. The van der Waals surface area contributed by atoms with E-state index in [9.17, 15) is 14.2 Å². The minimum absolute atomic E-state index is 0. The zero-order valence-corrected chi connectivity index (χ0v) is 18.7. The first-order valence-electron chi connectivity index (χ1n) is 9.59. The summed E-state index contributed by atoms with van der Waals surface area (Å²) in [6.07, 6.45) is 0.602. The molecule has 1 aromatic rings. The molecule has 1 aliphatic heterocycles. The van der Waals surface area contributed by atoms with E-state index in [1.54, 1.807) is 25.7 Å². The molecule has 2 rings (SSSR count). The van der Waals surface area contributed by atoms with Crippen molar-refractivity contribution < 1.29 is 13.8 Å². The fraction of sp³-hybridized carbons (Fsp3) is 0.789. The van der Waals surface area contributed by atoms with Gasteiger partial charge in [0.15, 0.2) is 6.23 Å². The highest BCUT2D eigenvalue weighted by molar-refractivity contribution is 7.57. The van der Waals surface area contributed by atoms with Crippen LogP contribution in [0.1, 0.15) is 46.9 Å². The SMILES string of the molecule is C.Cc1cn([C@H]2CN(C(C)C)C[C@@H](COP(=O)(C(C)C)N(C)C)O2)c(=O)[nH]c1=O. The van der Waals surface area contributed by atoms with Crippen LogP contribution in [-0.2, 0) is 13.8 Å². The van der Waals surface area contributed by atoms with Gasteiger partial charge in [0.25, 0.3) is 13.1 Å². The number of ether oxygens (including phenoxy) is 1. The van der Waals surface area contributed by atoms with Crippen molar-refractivity contribution in [2.45, 2.75) is 66.1 Å². The Bertz CT molecular complexity index is 821.